The predicted molar refractivity (Wildman–Crippen MR) is 284 cm³/mol. The number of aliphatic carboxylic acids is 1. The van der Waals surface area contributed by atoms with Gasteiger partial charge in [-0.3, -0.25) is 4.79 Å². The number of fused-ring (bicyclic) bond motifs is 7. The van der Waals surface area contributed by atoms with E-state index in [9.17, 15) is 85.9 Å². The molecule has 0 bridgehead atoms. The standard InChI is InChI=1S/C58H92O26/c1-9-24(2)48(75)79-34-18-57(8)25(26-16-53(3,4)17-32(64)58(26,34)23-62)10-11-31-54(5)14-13-33(55(6,22-61)30(54)12-15-56(31,57)7)80-52-46(84-50-41(71)39(69)37(67)29(20-60)78-50)43(42(72)44(82-52)47(73)74)81-51-45(35(65)27(63)21-76-51)83-49-40(70)38(68)36(66)28(19-59)77-49/h10,22,24,26-46,49-52,59-60,62-72H,9,11-21,23H2,1-8H3,(H,73,74)/t24?,26-,27-,28+,29+,30+,31+,32-,33-,34+,35-,36+,37-,38-,39-,40+,41+,42-,43-,44-,45+,46+,49-,50-,51-,52+,54-,55-,56+,57+,58+/m0/s1. The molecule has 26 heteroatoms. The Morgan fingerprint density at radius 3 is 1.82 bits per heavy atom. The van der Waals surface area contributed by atoms with Crippen molar-refractivity contribution >= 4 is 18.2 Å². The molecular weight excluding hydrogens is 1110 g/mol. The van der Waals surface area contributed by atoms with E-state index in [1.807, 2.05) is 6.92 Å². The number of carboxylic acid groups (broad SMARTS) is 1. The summed E-state index contributed by atoms with van der Waals surface area (Å²) in [5.74, 6) is -3.45. The number of ether oxygens (including phenoxy) is 9. The summed E-state index contributed by atoms with van der Waals surface area (Å²) in [6.07, 6.45) is -33.0. The third-order valence-corrected chi connectivity index (χ3v) is 22.4. The van der Waals surface area contributed by atoms with Crippen LogP contribution in [0.3, 0.4) is 0 Å². The first-order chi connectivity index (χ1) is 39.4. The minimum absolute atomic E-state index is 0.105. The summed E-state index contributed by atoms with van der Waals surface area (Å²) in [4.78, 5) is 41.2. The normalized spacial score (nSPS) is 52.3. The predicted octanol–water partition coefficient (Wildman–Crippen LogP) is -2.11. The Labute approximate surface area is 487 Å². The number of carbonyl (C=O) groups is 3. The van der Waals surface area contributed by atoms with Crippen LogP contribution in [-0.4, -0.2) is 251 Å². The van der Waals surface area contributed by atoms with E-state index in [0.717, 1.165) is 11.9 Å². The molecule has 0 aromatic carbocycles. The fraction of sp³-hybridized carbons (Fsp3) is 0.914. The van der Waals surface area contributed by atoms with Gasteiger partial charge in [0.25, 0.3) is 0 Å². The van der Waals surface area contributed by atoms with Crippen LogP contribution in [-0.2, 0) is 57.0 Å². The Morgan fingerprint density at radius 2 is 1.26 bits per heavy atom. The maximum atomic E-state index is 14.2. The van der Waals surface area contributed by atoms with Crippen LogP contribution in [0, 0.1) is 56.2 Å². The quantitative estimate of drug-likeness (QED) is 0.0340. The SMILES string of the molecule is CCC(C)C(=O)O[C@@H]1C[C@]2(C)C(=CC[C@@H]3[C@@]4(C)CC[C@H](O[C@@H]5O[C@H](C(=O)O)[C@@H](O)[C@H](O[C@@H]6OC[C@H](O)[C@H](O)[C@H]6O[C@@H]6O[C@H](CO)[C@@H](O)[C@H](O)[C@H]6O)[C@H]5O[C@@H]5O[C@H](CO)[C@H](O)[C@H](O)[C@H]5O)[C@@](C)(C=O)[C@@H]4CC[C@]32C)[C@@H]2CC(C)(C)C[C@H](O)[C@]12CO. The lowest BCUT2D eigenvalue weighted by Gasteiger charge is -2.72. The molecule has 31 atom stereocenters. The molecule has 1 unspecified atom stereocenters. The molecule has 4 saturated carbocycles. The molecule has 480 valence electrons. The fourth-order valence-electron chi connectivity index (χ4n) is 17.0. The number of esters is 1. The largest absolute Gasteiger partial charge is 0.479 e. The van der Waals surface area contributed by atoms with E-state index in [1.165, 1.54) is 0 Å². The molecule has 84 heavy (non-hydrogen) atoms. The topological polar surface area (TPSA) is 418 Å². The number of aliphatic hydroxyl groups excluding tert-OH is 13. The van der Waals surface area contributed by atoms with Gasteiger partial charge in [0.15, 0.2) is 31.3 Å². The van der Waals surface area contributed by atoms with Crippen molar-refractivity contribution in [2.75, 3.05) is 26.4 Å². The van der Waals surface area contributed by atoms with Crippen LogP contribution in [0.5, 0.6) is 0 Å². The van der Waals surface area contributed by atoms with Crippen LogP contribution in [0.25, 0.3) is 0 Å². The Balaban J connectivity index is 1.06. The summed E-state index contributed by atoms with van der Waals surface area (Å²) in [6, 6.07) is 0. The number of aldehydes is 1. The van der Waals surface area contributed by atoms with Crippen LogP contribution in [0.2, 0.25) is 0 Å². The molecule has 0 aromatic rings. The summed E-state index contributed by atoms with van der Waals surface area (Å²) in [5.41, 5.74) is -3.50. The Bertz CT molecular complexity index is 2380. The van der Waals surface area contributed by atoms with E-state index in [-0.39, 0.29) is 30.3 Å². The van der Waals surface area contributed by atoms with Gasteiger partial charge in [-0.15, -0.1) is 0 Å². The van der Waals surface area contributed by atoms with E-state index < -0.39 is 206 Å². The maximum absolute atomic E-state index is 14.2. The Morgan fingerprint density at radius 1 is 0.667 bits per heavy atom. The number of carbonyl (C=O) groups excluding carboxylic acids is 2. The van der Waals surface area contributed by atoms with Crippen molar-refractivity contribution in [3.05, 3.63) is 11.6 Å². The van der Waals surface area contributed by atoms with E-state index in [4.69, 9.17) is 42.6 Å². The van der Waals surface area contributed by atoms with Gasteiger partial charge >= 0.3 is 11.9 Å². The Hall–Kier alpha value is -2.49. The van der Waals surface area contributed by atoms with Crippen molar-refractivity contribution in [2.24, 2.45) is 56.2 Å². The second-order valence-corrected chi connectivity index (χ2v) is 27.5. The van der Waals surface area contributed by atoms with Gasteiger partial charge in [0.2, 0.25) is 0 Å². The molecule has 4 saturated heterocycles. The summed E-state index contributed by atoms with van der Waals surface area (Å²) in [6.45, 7) is 13.4. The lowest BCUT2D eigenvalue weighted by molar-refractivity contribution is -0.400. The van der Waals surface area contributed by atoms with Crippen LogP contribution in [0.1, 0.15) is 113 Å². The Kier molecular flexibility index (Phi) is 19.1. The van der Waals surface area contributed by atoms with Gasteiger partial charge in [0.05, 0.1) is 55.4 Å². The van der Waals surface area contributed by atoms with Crippen molar-refractivity contribution in [2.45, 2.75) is 248 Å². The third kappa shape index (κ3) is 10.8. The van der Waals surface area contributed by atoms with Crippen molar-refractivity contribution in [3.8, 4) is 0 Å². The molecule has 0 amide bonds. The molecule has 9 rings (SSSR count). The van der Waals surface area contributed by atoms with E-state index in [2.05, 4.69) is 40.7 Å². The van der Waals surface area contributed by atoms with Crippen LogP contribution in [0.4, 0.5) is 0 Å². The summed E-state index contributed by atoms with van der Waals surface area (Å²) in [5, 5.41) is 154. The molecular formula is C58H92O26. The van der Waals surface area contributed by atoms with Crippen LogP contribution >= 0.6 is 0 Å². The summed E-state index contributed by atoms with van der Waals surface area (Å²) >= 11 is 0. The first-order valence-corrected chi connectivity index (χ1v) is 29.8. The molecule has 0 aromatic heterocycles. The van der Waals surface area contributed by atoms with E-state index in [0.29, 0.717) is 51.4 Å². The average molecular weight is 1210 g/mol. The highest BCUT2D eigenvalue weighted by Gasteiger charge is 2.73. The van der Waals surface area contributed by atoms with E-state index >= 15 is 0 Å². The first-order valence-electron chi connectivity index (χ1n) is 29.8. The van der Waals surface area contributed by atoms with Gasteiger partial charge in [-0.05, 0) is 97.2 Å². The van der Waals surface area contributed by atoms with Crippen molar-refractivity contribution in [1.82, 2.24) is 0 Å². The number of allylic oxidation sites excluding steroid dienone is 2. The van der Waals surface area contributed by atoms with Crippen molar-refractivity contribution in [3.63, 3.8) is 0 Å². The average Bonchev–Trinajstić information content (AvgIpc) is 0.684. The molecule has 8 fully saturated rings. The van der Waals surface area contributed by atoms with Crippen LogP contribution in [0.15, 0.2) is 11.6 Å². The second-order valence-electron chi connectivity index (χ2n) is 27.5. The van der Waals surface area contributed by atoms with E-state index in [1.54, 1.807) is 13.8 Å². The zero-order valence-electron chi connectivity index (χ0n) is 49.0. The molecule has 4 aliphatic heterocycles. The molecule has 0 spiro atoms. The first kappa shape index (κ1) is 65.9. The number of hydrogen-bond donors (Lipinski definition) is 14. The molecule has 26 nitrogen and oxygen atoms in total. The maximum Gasteiger partial charge on any atom is 0.335 e. The molecule has 14 N–H and O–H groups in total. The zero-order chi connectivity index (χ0) is 61.7. The summed E-state index contributed by atoms with van der Waals surface area (Å²) in [7, 11) is 0. The van der Waals surface area contributed by atoms with Crippen molar-refractivity contribution in [1.29, 1.82) is 0 Å². The lowest BCUT2D eigenvalue weighted by Crippen LogP contribution is -2.70. The minimum atomic E-state index is -2.30. The smallest absolute Gasteiger partial charge is 0.335 e. The van der Waals surface area contributed by atoms with Gasteiger partial charge in [0, 0.05) is 0 Å². The highest BCUT2D eigenvalue weighted by atomic mass is 16.8. The van der Waals surface area contributed by atoms with Gasteiger partial charge < -0.3 is 119 Å². The summed E-state index contributed by atoms with van der Waals surface area (Å²) < 4.78 is 54.9. The number of hydrogen-bond acceptors (Lipinski definition) is 25. The highest BCUT2D eigenvalue weighted by Crippen LogP contribution is 2.76. The van der Waals surface area contributed by atoms with Gasteiger partial charge in [-0.1, -0.05) is 67.0 Å². The third-order valence-electron chi connectivity index (χ3n) is 22.4. The van der Waals surface area contributed by atoms with Gasteiger partial charge in [-0.25, -0.2) is 4.79 Å². The number of aliphatic hydroxyl groups is 13. The molecule has 4 heterocycles. The molecule has 0 radical (unpaired) electrons. The molecule has 5 aliphatic carbocycles. The van der Waals surface area contributed by atoms with Crippen molar-refractivity contribution < 1.29 is 129 Å². The number of rotatable bonds is 16. The number of carboxylic acids is 1. The zero-order valence-corrected chi connectivity index (χ0v) is 49.0. The molecule has 9 aliphatic rings. The van der Waals surface area contributed by atoms with Crippen LogP contribution < -0.4 is 0 Å². The monoisotopic (exact) mass is 1200 g/mol. The van der Waals surface area contributed by atoms with Gasteiger partial charge in [-0.2, -0.15) is 0 Å². The second kappa shape index (κ2) is 24.4. The fourth-order valence-corrected chi connectivity index (χ4v) is 17.0. The lowest BCUT2D eigenvalue weighted by atomic mass is 9.33. The highest BCUT2D eigenvalue weighted by molar-refractivity contribution is 5.73. The minimum Gasteiger partial charge on any atom is -0.479 e. The van der Waals surface area contributed by atoms with Gasteiger partial charge in [0.1, 0.15) is 97.8 Å².